The minimum Gasteiger partial charge on any atom is -0.205 e. The zero-order valence-electron chi connectivity index (χ0n) is 10.5. The Morgan fingerprint density at radius 1 is 0.773 bits per heavy atom. The molecule has 0 saturated heterocycles. The fourth-order valence-electron chi connectivity index (χ4n) is 1.89. The average molecular weight is 376 g/mol. The molecule has 0 nitrogen and oxygen atoms in total. The molecule has 0 fully saturated rings. The van der Waals surface area contributed by atoms with E-state index in [9.17, 15) is 22.0 Å². The summed E-state index contributed by atoms with van der Waals surface area (Å²) in [7, 11) is 0. The van der Waals surface area contributed by atoms with E-state index in [0.29, 0.717) is 12.1 Å². The summed E-state index contributed by atoms with van der Waals surface area (Å²) < 4.78 is 64.2. The van der Waals surface area contributed by atoms with Crippen LogP contribution in [0.2, 0.25) is 15.1 Å². The van der Waals surface area contributed by atoms with Crippen LogP contribution in [0.1, 0.15) is 17.6 Å². The third kappa shape index (κ3) is 3.47. The van der Waals surface area contributed by atoms with Crippen molar-refractivity contribution in [1.29, 1.82) is 0 Å². The fraction of sp³-hybridized carbons (Fsp3) is 0.143. The minimum atomic E-state index is -4.72. The van der Waals surface area contributed by atoms with Gasteiger partial charge < -0.3 is 0 Å². The Kier molecular flexibility index (Phi) is 4.90. The highest BCUT2D eigenvalue weighted by molar-refractivity contribution is 6.44. The predicted molar refractivity (Wildman–Crippen MR) is 76.9 cm³/mol. The SMILES string of the molecule is FC(F)c1cc(C(F)(F)F)ccc1-c1cc(Cl)c(Cl)cc1Cl. The van der Waals surface area contributed by atoms with Gasteiger partial charge in [-0.05, 0) is 29.8 Å². The molecule has 0 atom stereocenters. The van der Waals surface area contributed by atoms with Gasteiger partial charge in [-0.3, -0.25) is 0 Å². The van der Waals surface area contributed by atoms with E-state index in [4.69, 9.17) is 34.8 Å². The van der Waals surface area contributed by atoms with Crippen molar-refractivity contribution in [3.8, 4) is 11.1 Å². The topological polar surface area (TPSA) is 0 Å². The summed E-state index contributed by atoms with van der Waals surface area (Å²) in [6.07, 6.45) is -7.83. The maximum atomic E-state index is 13.1. The van der Waals surface area contributed by atoms with Gasteiger partial charge in [0.2, 0.25) is 0 Å². The Bertz CT molecular complexity index is 710. The highest BCUT2D eigenvalue weighted by atomic mass is 35.5. The van der Waals surface area contributed by atoms with Crippen LogP contribution >= 0.6 is 34.8 Å². The van der Waals surface area contributed by atoms with E-state index in [0.717, 1.165) is 6.07 Å². The molecule has 22 heavy (non-hydrogen) atoms. The van der Waals surface area contributed by atoms with Crippen molar-refractivity contribution in [1.82, 2.24) is 0 Å². The first-order chi connectivity index (χ1) is 10.1. The molecular weight excluding hydrogens is 370 g/mol. The van der Waals surface area contributed by atoms with Crippen molar-refractivity contribution < 1.29 is 22.0 Å². The van der Waals surface area contributed by atoms with Gasteiger partial charge >= 0.3 is 6.18 Å². The molecule has 0 aliphatic heterocycles. The Labute approximate surface area is 137 Å². The first-order valence-electron chi connectivity index (χ1n) is 5.75. The van der Waals surface area contributed by atoms with Crippen LogP contribution < -0.4 is 0 Å². The summed E-state index contributed by atoms with van der Waals surface area (Å²) in [5.74, 6) is 0. The molecule has 0 N–H and O–H groups in total. The van der Waals surface area contributed by atoms with E-state index < -0.39 is 23.7 Å². The van der Waals surface area contributed by atoms with E-state index in [-0.39, 0.29) is 26.2 Å². The molecule has 0 amide bonds. The summed E-state index contributed by atoms with van der Waals surface area (Å²) in [4.78, 5) is 0. The monoisotopic (exact) mass is 374 g/mol. The van der Waals surface area contributed by atoms with Crippen molar-refractivity contribution in [2.24, 2.45) is 0 Å². The highest BCUT2D eigenvalue weighted by Crippen LogP contribution is 2.41. The minimum absolute atomic E-state index is 0.0102. The molecule has 2 aromatic rings. The molecule has 0 radical (unpaired) electrons. The molecule has 0 aromatic heterocycles. The Balaban J connectivity index is 2.68. The summed E-state index contributed by atoms with van der Waals surface area (Å²) in [6, 6.07) is 4.53. The van der Waals surface area contributed by atoms with E-state index >= 15 is 0 Å². The van der Waals surface area contributed by atoms with Gasteiger partial charge in [-0.25, -0.2) is 8.78 Å². The summed E-state index contributed by atoms with van der Waals surface area (Å²) in [6.45, 7) is 0. The lowest BCUT2D eigenvalue weighted by Gasteiger charge is -2.15. The first kappa shape index (κ1) is 17.3. The number of benzene rings is 2. The molecule has 0 aliphatic rings. The standard InChI is InChI=1S/C14H6Cl3F5/c15-10-5-12(17)11(16)4-8(10)7-2-1-6(14(20,21)22)3-9(7)13(18)19/h1-5,13H. The highest BCUT2D eigenvalue weighted by Gasteiger charge is 2.32. The second-order valence-corrected chi connectivity index (χ2v) is 5.57. The van der Waals surface area contributed by atoms with E-state index in [2.05, 4.69) is 0 Å². The lowest BCUT2D eigenvalue weighted by Crippen LogP contribution is -2.06. The zero-order chi connectivity index (χ0) is 16.7. The summed E-state index contributed by atoms with van der Waals surface area (Å²) in [5, 5.41) is 0.179. The molecular formula is C14H6Cl3F5. The average Bonchev–Trinajstić information content (AvgIpc) is 2.41. The summed E-state index contributed by atoms with van der Waals surface area (Å²) >= 11 is 17.5. The second-order valence-electron chi connectivity index (χ2n) is 4.35. The normalized spacial score (nSPS) is 12.0. The first-order valence-corrected chi connectivity index (χ1v) is 6.89. The Hall–Kier alpha value is -1.04. The quantitative estimate of drug-likeness (QED) is 0.382. The summed E-state index contributed by atoms with van der Waals surface area (Å²) in [5.41, 5.74) is -2.00. The van der Waals surface area contributed by atoms with Crippen molar-refractivity contribution in [2.45, 2.75) is 12.6 Å². The number of hydrogen-bond donors (Lipinski definition) is 0. The molecule has 118 valence electrons. The zero-order valence-corrected chi connectivity index (χ0v) is 12.8. The van der Waals surface area contributed by atoms with Crippen LogP contribution in [0, 0.1) is 0 Å². The largest absolute Gasteiger partial charge is 0.416 e. The third-order valence-electron chi connectivity index (χ3n) is 2.91. The molecule has 0 saturated carbocycles. The smallest absolute Gasteiger partial charge is 0.205 e. The molecule has 2 aromatic carbocycles. The van der Waals surface area contributed by atoms with Crippen LogP contribution in [-0.2, 0) is 6.18 Å². The molecule has 0 bridgehead atoms. The number of alkyl halides is 5. The van der Waals surface area contributed by atoms with Crippen LogP contribution in [0.5, 0.6) is 0 Å². The van der Waals surface area contributed by atoms with Crippen LogP contribution in [0.3, 0.4) is 0 Å². The van der Waals surface area contributed by atoms with Crippen LogP contribution in [0.25, 0.3) is 11.1 Å². The molecule has 0 spiro atoms. The van der Waals surface area contributed by atoms with Gasteiger partial charge in [-0.1, -0.05) is 40.9 Å². The number of hydrogen-bond acceptors (Lipinski definition) is 0. The van der Waals surface area contributed by atoms with Crippen LogP contribution in [-0.4, -0.2) is 0 Å². The van der Waals surface area contributed by atoms with Gasteiger partial charge in [0, 0.05) is 16.1 Å². The predicted octanol–water partition coefficient (Wildman–Crippen LogP) is 7.27. The van der Waals surface area contributed by atoms with Crippen LogP contribution in [0.15, 0.2) is 30.3 Å². The van der Waals surface area contributed by atoms with Crippen molar-refractivity contribution >= 4 is 34.8 Å². The third-order valence-corrected chi connectivity index (χ3v) is 3.95. The Morgan fingerprint density at radius 3 is 1.91 bits per heavy atom. The van der Waals surface area contributed by atoms with Gasteiger partial charge in [0.1, 0.15) is 0 Å². The second kappa shape index (κ2) is 6.22. The van der Waals surface area contributed by atoms with Crippen molar-refractivity contribution in [3.63, 3.8) is 0 Å². The van der Waals surface area contributed by atoms with Crippen LogP contribution in [0.4, 0.5) is 22.0 Å². The fourth-order valence-corrected chi connectivity index (χ4v) is 2.54. The van der Waals surface area contributed by atoms with Gasteiger partial charge in [0.15, 0.2) is 0 Å². The maximum absolute atomic E-state index is 13.1. The van der Waals surface area contributed by atoms with E-state index in [1.807, 2.05) is 0 Å². The maximum Gasteiger partial charge on any atom is 0.416 e. The molecule has 0 unspecified atom stereocenters. The lowest BCUT2D eigenvalue weighted by atomic mass is 9.97. The van der Waals surface area contributed by atoms with Gasteiger partial charge in [-0.15, -0.1) is 0 Å². The molecule has 2 rings (SSSR count). The molecule has 0 heterocycles. The van der Waals surface area contributed by atoms with E-state index in [1.165, 1.54) is 12.1 Å². The Morgan fingerprint density at radius 2 is 1.36 bits per heavy atom. The number of rotatable bonds is 2. The van der Waals surface area contributed by atoms with Gasteiger partial charge in [0.25, 0.3) is 6.43 Å². The van der Waals surface area contributed by atoms with Gasteiger partial charge in [0.05, 0.1) is 15.6 Å². The lowest BCUT2D eigenvalue weighted by molar-refractivity contribution is -0.137. The number of halogens is 8. The van der Waals surface area contributed by atoms with E-state index in [1.54, 1.807) is 0 Å². The molecule has 8 heteroatoms. The molecule has 0 aliphatic carbocycles. The van der Waals surface area contributed by atoms with Crippen molar-refractivity contribution in [3.05, 3.63) is 56.5 Å². The van der Waals surface area contributed by atoms with Gasteiger partial charge in [-0.2, -0.15) is 13.2 Å². The van der Waals surface area contributed by atoms with Crippen molar-refractivity contribution in [2.75, 3.05) is 0 Å².